The molecule has 4 saturated heterocycles. The number of hydrogen-bond acceptors (Lipinski definition) is 4. The minimum absolute atomic E-state index is 0.157. The molecule has 6 rings (SSSR count). The molecule has 0 radical (unpaired) electrons. The van der Waals surface area contributed by atoms with Gasteiger partial charge in [-0.15, -0.1) is 0 Å². The summed E-state index contributed by atoms with van der Waals surface area (Å²) < 4.78 is 26.7. The lowest BCUT2D eigenvalue weighted by Crippen LogP contribution is -2.27. The van der Waals surface area contributed by atoms with Crippen LogP contribution in [0.4, 0.5) is 0 Å². The van der Waals surface area contributed by atoms with Gasteiger partial charge in [0.15, 0.2) is 12.6 Å². The van der Waals surface area contributed by atoms with Gasteiger partial charge in [0, 0.05) is 33.8 Å². The van der Waals surface area contributed by atoms with E-state index in [-0.39, 0.29) is 52.8 Å². The summed E-state index contributed by atoms with van der Waals surface area (Å²) in [5, 5.41) is 0. The number of benzene rings is 2. The normalized spacial score (nSPS) is 38.4. The van der Waals surface area contributed by atoms with Gasteiger partial charge in [0.25, 0.3) is 0 Å². The van der Waals surface area contributed by atoms with Crippen LogP contribution in [-0.2, 0) is 18.9 Å². The van der Waals surface area contributed by atoms with Crippen molar-refractivity contribution < 1.29 is 18.9 Å². The molecule has 2 unspecified atom stereocenters. The fourth-order valence-corrected chi connectivity index (χ4v) is 16.8. The van der Waals surface area contributed by atoms with Crippen molar-refractivity contribution >= 4 is 15.8 Å². The van der Waals surface area contributed by atoms with Gasteiger partial charge in [-0.1, -0.05) is 134 Å². The van der Waals surface area contributed by atoms with Gasteiger partial charge in [0.1, 0.15) is 0 Å². The third kappa shape index (κ3) is 6.55. The lowest BCUT2D eigenvalue weighted by atomic mass is 9.86. The molecule has 0 aromatic heterocycles. The van der Waals surface area contributed by atoms with Crippen molar-refractivity contribution in [3.05, 3.63) is 70.8 Å². The molecular weight excluding hydrogens is 606 g/mol. The van der Waals surface area contributed by atoms with E-state index in [2.05, 4.69) is 118 Å². The summed E-state index contributed by atoms with van der Waals surface area (Å²) in [6.45, 7) is 23.6. The highest BCUT2D eigenvalue weighted by molar-refractivity contribution is 7.63. The summed E-state index contributed by atoms with van der Waals surface area (Å²) >= 11 is 0. The maximum atomic E-state index is 6.68. The Morgan fingerprint density at radius 3 is 1.02 bits per heavy atom. The maximum absolute atomic E-state index is 6.68. The Kier molecular flexibility index (Phi) is 11.1. The SMILES string of the molecule is CCC(c1ccc(C2O[C@H]3[C@H](O2)[C@H](C)P(CCP2[C@@H](C)[C@H]4OC(c5ccc(C(CC)C(C)C)cc5)O[C@@H]4[C@@H]2C)[C@H]3C)cc1)C(C)C. The van der Waals surface area contributed by atoms with E-state index in [1.54, 1.807) is 0 Å². The first kappa shape index (κ1) is 35.0. The first-order valence-electron chi connectivity index (χ1n) is 18.4. The molecule has 0 amide bonds. The zero-order valence-electron chi connectivity index (χ0n) is 30.1. The van der Waals surface area contributed by atoms with E-state index in [0.717, 1.165) is 0 Å². The number of rotatable bonds is 11. The molecule has 6 heteroatoms. The smallest absolute Gasteiger partial charge is 0.184 e. The molecule has 4 aliphatic heterocycles. The Bertz CT molecular complexity index is 1150. The molecule has 0 bridgehead atoms. The van der Waals surface area contributed by atoms with Crippen LogP contribution in [0.2, 0.25) is 0 Å². The number of hydrogen-bond donors (Lipinski definition) is 0. The minimum atomic E-state index is -0.231. The predicted octanol–water partition coefficient (Wildman–Crippen LogP) is 10.8. The molecule has 0 saturated carbocycles. The molecule has 4 heterocycles. The van der Waals surface area contributed by atoms with Gasteiger partial charge < -0.3 is 18.9 Å². The zero-order valence-corrected chi connectivity index (χ0v) is 31.8. The largest absolute Gasteiger partial charge is 0.342 e. The fraction of sp³-hybridized carbons (Fsp3) is 0.700. The molecule has 0 N–H and O–H groups in total. The number of ether oxygens (including phenoxy) is 4. The van der Waals surface area contributed by atoms with Crippen LogP contribution < -0.4 is 0 Å². The third-order valence-electron chi connectivity index (χ3n) is 12.1. The van der Waals surface area contributed by atoms with Crippen molar-refractivity contribution in [3.8, 4) is 0 Å². The lowest BCUT2D eigenvalue weighted by molar-refractivity contribution is -0.0706. The molecule has 2 aromatic rings. The molecule has 10 atom stereocenters. The third-order valence-corrected chi connectivity index (χ3v) is 19.3. The maximum Gasteiger partial charge on any atom is 0.184 e. The van der Waals surface area contributed by atoms with E-state index < -0.39 is 0 Å². The summed E-state index contributed by atoms with van der Waals surface area (Å²) in [6.07, 6.45) is 5.34. The Balaban J connectivity index is 1.02. The molecule has 0 spiro atoms. The van der Waals surface area contributed by atoms with Crippen molar-refractivity contribution in [1.29, 1.82) is 0 Å². The molecule has 46 heavy (non-hydrogen) atoms. The zero-order chi connectivity index (χ0) is 32.9. The highest BCUT2D eigenvalue weighted by Gasteiger charge is 2.56. The summed E-state index contributed by atoms with van der Waals surface area (Å²) in [5.74, 6) is 2.51. The van der Waals surface area contributed by atoms with E-state index in [1.807, 2.05) is 0 Å². The van der Waals surface area contributed by atoms with Gasteiger partial charge >= 0.3 is 0 Å². The van der Waals surface area contributed by atoms with Gasteiger partial charge in [-0.25, -0.2) is 0 Å². The van der Waals surface area contributed by atoms with Gasteiger partial charge in [-0.3, -0.25) is 0 Å². The van der Waals surface area contributed by atoms with Crippen molar-refractivity contribution in [1.82, 2.24) is 0 Å². The summed E-state index contributed by atoms with van der Waals surface area (Å²) in [7, 11) is -0.313. The van der Waals surface area contributed by atoms with Gasteiger partial charge in [0.2, 0.25) is 0 Å². The predicted molar refractivity (Wildman–Crippen MR) is 195 cm³/mol. The van der Waals surface area contributed by atoms with Gasteiger partial charge in [-0.2, -0.15) is 0 Å². The van der Waals surface area contributed by atoms with Crippen LogP contribution in [0, 0.1) is 11.8 Å². The Morgan fingerprint density at radius 2 is 0.783 bits per heavy atom. The Hall–Kier alpha value is -0.860. The molecule has 4 fully saturated rings. The van der Waals surface area contributed by atoms with E-state index in [9.17, 15) is 0 Å². The molecular formula is C40H60O4P2. The van der Waals surface area contributed by atoms with Crippen molar-refractivity contribution in [2.75, 3.05) is 12.3 Å². The first-order chi connectivity index (χ1) is 22.0. The Labute approximate surface area is 282 Å². The van der Waals surface area contributed by atoms with Crippen LogP contribution in [0.3, 0.4) is 0 Å². The van der Waals surface area contributed by atoms with Gasteiger partial charge in [0.05, 0.1) is 24.4 Å². The van der Waals surface area contributed by atoms with E-state index in [4.69, 9.17) is 18.9 Å². The summed E-state index contributed by atoms with van der Waals surface area (Å²) in [4.78, 5) is 0. The average molecular weight is 667 g/mol. The quantitative estimate of drug-likeness (QED) is 0.224. The molecule has 4 aliphatic rings. The van der Waals surface area contributed by atoms with E-state index >= 15 is 0 Å². The second kappa shape index (κ2) is 14.5. The average Bonchev–Trinajstić information content (AvgIpc) is 3.78. The first-order valence-corrected chi connectivity index (χ1v) is 21.7. The van der Waals surface area contributed by atoms with Crippen molar-refractivity contribution in [2.45, 2.75) is 154 Å². The summed E-state index contributed by atoms with van der Waals surface area (Å²) in [6, 6.07) is 18.2. The van der Waals surface area contributed by atoms with Crippen molar-refractivity contribution in [2.24, 2.45) is 11.8 Å². The topological polar surface area (TPSA) is 36.9 Å². The minimum Gasteiger partial charge on any atom is -0.342 e. The second-order valence-corrected chi connectivity index (χ2v) is 21.6. The fourth-order valence-electron chi connectivity index (χ4n) is 9.34. The standard InChI is InChI=1S/C40H60O4P2/c1-11-33(23(3)4)29-13-17-31(18-14-29)39-41-35-25(7)45(26(8)36(35)42-39)21-22-46-27(9)37-38(28(46)10)44-40(43-37)32-19-15-30(16-20-32)34(12-2)24(5)6/h13-20,23-28,33-40H,11-12,21-22H2,1-10H3/t25-,26-,27-,28-,33?,34?,35+,36+,37+,38+,39?,40?,45?,46?/m0/s1. The molecule has 254 valence electrons. The monoisotopic (exact) mass is 666 g/mol. The molecule has 2 aromatic carbocycles. The van der Waals surface area contributed by atoms with Crippen LogP contribution in [0.1, 0.15) is 129 Å². The number of fused-ring (bicyclic) bond motifs is 2. The molecule has 4 nitrogen and oxygen atoms in total. The highest BCUT2D eigenvalue weighted by Crippen LogP contribution is 2.65. The van der Waals surface area contributed by atoms with Crippen molar-refractivity contribution in [3.63, 3.8) is 0 Å². The van der Waals surface area contributed by atoms with Crippen LogP contribution >= 0.6 is 15.8 Å². The second-order valence-electron chi connectivity index (χ2n) is 15.4. The van der Waals surface area contributed by atoms with E-state index in [0.29, 0.717) is 46.3 Å². The Morgan fingerprint density at radius 1 is 0.500 bits per heavy atom. The lowest BCUT2D eigenvalue weighted by Gasteiger charge is -2.30. The molecule has 0 aliphatic carbocycles. The van der Waals surface area contributed by atoms with Crippen LogP contribution in [-0.4, -0.2) is 59.4 Å². The van der Waals surface area contributed by atoms with Crippen LogP contribution in [0.5, 0.6) is 0 Å². The van der Waals surface area contributed by atoms with Crippen LogP contribution in [0.25, 0.3) is 0 Å². The van der Waals surface area contributed by atoms with Crippen LogP contribution in [0.15, 0.2) is 48.5 Å². The summed E-state index contributed by atoms with van der Waals surface area (Å²) in [5.41, 5.74) is 7.45. The highest BCUT2D eigenvalue weighted by atomic mass is 31.1. The van der Waals surface area contributed by atoms with E-state index in [1.165, 1.54) is 47.4 Å². The van der Waals surface area contributed by atoms with Gasteiger partial charge in [-0.05, 0) is 60.0 Å².